The molecule has 0 atom stereocenters. The predicted molar refractivity (Wildman–Crippen MR) is 104 cm³/mol. The monoisotopic (exact) mass is 392 g/mol. The number of fused-ring (bicyclic) bond motifs is 1. The first kappa shape index (κ1) is 18.4. The molecule has 1 aliphatic heterocycles. The van der Waals surface area contributed by atoms with Gasteiger partial charge in [0.25, 0.3) is 11.6 Å². The predicted octanol–water partition coefficient (Wildman–Crippen LogP) is 3.60. The summed E-state index contributed by atoms with van der Waals surface area (Å²) >= 11 is 0. The van der Waals surface area contributed by atoms with Gasteiger partial charge in [0.1, 0.15) is 5.76 Å². The van der Waals surface area contributed by atoms with Gasteiger partial charge in [0.15, 0.2) is 6.61 Å². The number of rotatable bonds is 5. The quantitative estimate of drug-likeness (QED) is 0.373. The van der Waals surface area contributed by atoms with Crippen LogP contribution in [0.25, 0.3) is 11.3 Å². The molecule has 4 rings (SSSR count). The van der Waals surface area contributed by atoms with Crippen LogP contribution in [0.2, 0.25) is 0 Å². The second-order valence-corrected chi connectivity index (χ2v) is 6.47. The van der Waals surface area contributed by atoms with Crippen molar-refractivity contribution in [1.29, 1.82) is 0 Å². The number of nitro groups is 1. The molecule has 1 aliphatic rings. The number of hydrogen-bond acceptors (Lipinski definition) is 6. The highest BCUT2D eigenvalue weighted by atomic mass is 16.6. The van der Waals surface area contributed by atoms with Crippen molar-refractivity contribution in [1.82, 2.24) is 0 Å². The molecule has 0 bridgehead atoms. The van der Waals surface area contributed by atoms with Crippen molar-refractivity contribution < 1.29 is 23.7 Å². The fraction of sp³-hybridized carbons (Fsp3) is 0.143. The third kappa shape index (κ3) is 3.73. The average molecular weight is 392 g/mol. The Morgan fingerprint density at radius 3 is 2.59 bits per heavy atom. The SMILES string of the molecule is O=C(OCC(=O)N1CCc2ccccc21)c1ccc(-c2ccc([N+](=O)[O-])cc2)o1. The maximum Gasteiger partial charge on any atom is 0.374 e. The highest BCUT2D eigenvalue weighted by molar-refractivity contribution is 5.98. The van der Waals surface area contributed by atoms with Gasteiger partial charge in [0, 0.05) is 29.9 Å². The van der Waals surface area contributed by atoms with E-state index in [4.69, 9.17) is 9.15 Å². The molecule has 1 aromatic heterocycles. The minimum Gasteiger partial charge on any atom is -0.450 e. The van der Waals surface area contributed by atoms with Crippen LogP contribution in [0, 0.1) is 10.1 Å². The number of non-ortho nitro benzene ring substituents is 1. The molecule has 146 valence electrons. The third-order valence-corrected chi connectivity index (χ3v) is 4.68. The molecule has 8 nitrogen and oxygen atoms in total. The first-order valence-electron chi connectivity index (χ1n) is 8.93. The number of amides is 1. The highest BCUT2D eigenvalue weighted by Gasteiger charge is 2.25. The van der Waals surface area contributed by atoms with Gasteiger partial charge in [-0.25, -0.2) is 4.79 Å². The summed E-state index contributed by atoms with van der Waals surface area (Å²) in [6, 6.07) is 16.4. The van der Waals surface area contributed by atoms with Crippen molar-refractivity contribution in [3.05, 3.63) is 82.1 Å². The molecule has 8 heteroatoms. The lowest BCUT2D eigenvalue weighted by molar-refractivity contribution is -0.384. The third-order valence-electron chi connectivity index (χ3n) is 4.68. The van der Waals surface area contributed by atoms with Crippen LogP contribution < -0.4 is 4.90 Å². The lowest BCUT2D eigenvalue weighted by Gasteiger charge is -2.16. The molecular formula is C21H16N2O6. The van der Waals surface area contributed by atoms with Crippen molar-refractivity contribution in [3.8, 4) is 11.3 Å². The van der Waals surface area contributed by atoms with Crippen LogP contribution in [0.15, 0.2) is 65.1 Å². The Hall–Kier alpha value is -3.94. The standard InChI is InChI=1S/C21H16N2O6/c24-20(22-12-11-14-3-1-2-4-17(14)22)13-28-21(25)19-10-9-18(29-19)15-5-7-16(8-6-15)23(26)27/h1-10H,11-13H2. The molecule has 0 spiro atoms. The van der Waals surface area contributed by atoms with E-state index in [1.54, 1.807) is 11.0 Å². The van der Waals surface area contributed by atoms with Gasteiger partial charge in [0.05, 0.1) is 4.92 Å². The normalized spacial score (nSPS) is 12.5. The zero-order valence-electron chi connectivity index (χ0n) is 15.2. The van der Waals surface area contributed by atoms with Crippen LogP contribution in [0.4, 0.5) is 11.4 Å². The summed E-state index contributed by atoms with van der Waals surface area (Å²) in [5.74, 6) is -0.732. The number of ether oxygens (including phenoxy) is 1. The number of nitrogens with zero attached hydrogens (tertiary/aromatic N) is 2. The Balaban J connectivity index is 1.38. The van der Waals surface area contributed by atoms with Crippen LogP contribution in [0.1, 0.15) is 16.1 Å². The smallest absolute Gasteiger partial charge is 0.374 e. The number of anilines is 1. The number of esters is 1. The van der Waals surface area contributed by atoms with Crippen molar-refractivity contribution in [3.63, 3.8) is 0 Å². The Labute approximate surface area is 165 Å². The van der Waals surface area contributed by atoms with E-state index >= 15 is 0 Å². The van der Waals surface area contributed by atoms with E-state index in [2.05, 4.69) is 0 Å². The fourth-order valence-corrected chi connectivity index (χ4v) is 3.22. The van der Waals surface area contributed by atoms with Crippen molar-refractivity contribution in [2.45, 2.75) is 6.42 Å². The summed E-state index contributed by atoms with van der Waals surface area (Å²) < 4.78 is 10.6. The molecule has 0 N–H and O–H groups in total. The molecule has 29 heavy (non-hydrogen) atoms. The molecule has 0 unspecified atom stereocenters. The van der Waals surface area contributed by atoms with Crippen LogP contribution in [-0.2, 0) is 16.0 Å². The van der Waals surface area contributed by atoms with Crippen LogP contribution >= 0.6 is 0 Å². The topological polar surface area (TPSA) is 103 Å². The maximum atomic E-state index is 12.4. The van der Waals surface area contributed by atoms with Crippen LogP contribution in [-0.4, -0.2) is 30.0 Å². The first-order chi connectivity index (χ1) is 14.0. The molecule has 2 aromatic carbocycles. The molecule has 0 fully saturated rings. The summed E-state index contributed by atoms with van der Waals surface area (Å²) in [6.07, 6.45) is 0.770. The maximum absolute atomic E-state index is 12.4. The van der Waals surface area contributed by atoms with Gasteiger partial charge in [-0.15, -0.1) is 0 Å². The second kappa shape index (κ2) is 7.59. The number of furan rings is 1. The lowest BCUT2D eigenvalue weighted by Crippen LogP contribution is -2.33. The second-order valence-electron chi connectivity index (χ2n) is 6.47. The summed E-state index contributed by atoms with van der Waals surface area (Å²) in [6.45, 7) is 0.168. The molecule has 3 aromatic rings. The molecule has 1 amide bonds. The Kier molecular flexibility index (Phi) is 4.82. The van der Waals surface area contributed by atoms with Crippen LogP contribution in [0.5, 0.6) is 0 Å². The molecule has 0 radical (unpaired) electrons. The van der Waals surface area contributed by atoms with E-state index in [-0.39, 0.29) is 24.0 Å². The minimum atomic E-state index is -0.751. The number of carbonyl (C=O) groups excluding carboxylic acids is 2. The number of benzene rings is 2. The van der Waals surface area contributed by atoms with E-state index in [0.717, 1.165) is 17.7 Å². The zero-order valence-corrected chi connectivity index (χ0v) is 15.2. The highest BCUT2D eigenvalue weighted by Crippen LogP contribution is 2.28. The van der Waals surface area contributed by atoms with E-state index < -0.39 is 10.9 Å². The van der Waals surface area contributed by atoms with Gasteiger partial charge in [-0.1, -0.05) is 18.2 Å². The zero-order chi connectivity index (χ0) is 20.4. The van der Waals surface area contributed by atoms with E-state index in [1.165, 1.54) is 30.3 Å². The van der Waals surface area contributed by atoms with Crippen molar-refractivity contribution in [2.24, 2.45) is 0 Å². The molecule has 0 saturated heterocycles. The van der Waals surface area contributed by atoms with Gasteiger partial charge in [-0.2, -0.15) is 0 Å². The van der Waals surface area contributed by atoms with Gasteiger partial charge >= 0.3 is 5.97 Å². The molecule has 0 saturated carbocycles. The number of para-hydroxylation sites is 1. The van der Waals surface area contributed by atoms with Gasteiger partial charge in [-0.05, 0) is 42.3 Å². The van der Waals surface area contributed by atoms with Crippen molar-refractivity contribution in [2.75, 3.05) is 18.1 Å². The number of carbonyl (C=O) groups is 2. The average Bonchev–Trinajstić information content (AvgIpc) is 3.39. The van der Waals surface area contributed by atoms with E-state index in [0.29, 0.717) is 17.9 Å². The summed E-state index contributed by atoms with van der Waals surface area (Å²) in [4.78, 5) is 36.5. The summed E-state index contributed by atoms with van der Waals surface area (Å²) in [5.41, 5.74) is 2.47. The molecule has 0 aliphatic carbocycles. The van der Waals surface area contributed by atoms with Crippen LogP contribution in [0.3, 0.4) is 0 Å². The lowest BCUT2D eigenvalue weighted by atomic mass is 10.1. The fourth-order valence-electron chi connectivity index (χ4n) is 3.22. The first-order valence-corrected chi connectivity index (χ1v) is 8.93. The summed E-state index contributed by atoms with van der Waals surface area (Å²) in [7, 11) is 0. The Bertz CT molecular complexity index is 1090. The van der Waals surface area contributed by atoms with E-state index in [9.17, 15) is 19.7 Å². The number of hydrogen-bond donors (Lipinski definition) is 0. The van der Waals surface area contributed by atoms with E-state index in [1.807, 2.05) is 24.3 Å². The Morgan fingerprint density at radius 1 is 1.07 bits per heavy atom. The summed E-state index contributed by atoms with van der Waals surface area (Å²) in [5, 5.41) is 10.7. The Morgan fingerprint density at radius 2 is 1.83 bits per heavy atom. The number of nitro benzene ring substituents is 1. The van der Waals surface area contributed by atoms with Gasteiger partial charge in [0.2, 0.25) is 5.76 Å². The molecule has 2 heterocycles. The van der Waals surface area contributed by atoms with Crippen molar-refractivity contribution >= 4 is 23.3 Å². The molecular weight excluding hydrogens is 376 g/mol. The van der Waals surface area contributed by atoms with Gasteiger partial charge < -0.3 is 14.1 Å². The van der Waals surface area contributed by atoms with Gasteiger partial charge in [-0.3, -0.25) is 14.9 Å². The minimum absolute atomic E-state index is 0.0399. The largest absolute Gasteiger partial charge is 0.450 e.